The van der Waals surface area contributed by atoms with Crippen molar-refractivity contribution in [1.29, 1.82) is 0 Å². The normalized spacial score (nSPS) is 13.1. The van der Waals surface area contributed by atoms with Crippen molar-refractivity contribution in [2.45, 2.75) is 19.2 Å². The minimum Gasteiger partial charge on any atom is -0.437 e. The van der Waals surface area contributed by atoms with Gasteiger partial charge in [-0.2, -0.15) is 5.10 Å². The average Bonchev–Trinajstić information content (AvgIpc) is 2.71. The smallest absolute Gasteiger partial charge is 0.212 e. The van der Waals surface area contributed by atoms with Crippen molar-refractivity contribution >= 4 is 11.6 Å². The van der Waals surface area contributed by atoms with E-state index in [2.05, 4.69) is 10.1 Å². The molecular formula is C10H12ClN3O. The van der Waals surface area contributed by atoms with E-state index in [0.717, 1.165) is 11.4 Å². The summed E-state index contributed by atoms with van der Waals surface area (Å²) in [6, 6.07) is 1.95. The maximum atomic E-state index is 5.87. The third-order valence-electron chi connectivity index (χ3n) is 2.12. The third-order valence-corrected chi connectivity index (χ3v) is 2.30. The van der Waals surface area contributed by atoms with Gasteiger partial charge in [-0.1, -0.05) is 0 Å². The van der Waals surface area contributed by atoms with Crippen LogP contribution < -0.4 is 0 Å². The molecule has 1 atom stereocenters. The van der Waals surface area contributed by atoms with E-state index >= 15 is 0 Å². The molecule has 2 aromatic rings. The van der Waals surface area contributed by atoms with Crippen molar-refractivity contribution in [2.24, 2.45) is 7.05 Å². The van der Waals surface area contributed by atoms with Crippen LogP contribution in [0.5, 0.6) is 0 Å². The summed E-state index contributed by atoms with van der Waals surface area (Å²) in [6.45, 7) is 3.76. The number of oxazole rings is 1. The van der Waals surface area contributed by atoms with Crippen LogP contribution in [0.1, 0.15) is 23.9 Å². The van der Waals surface area contributed by atoms with Gasteiger partial charge in [-0.3, -0.25) is 4.68 Å². The lowest BCUT2D eigenvalue weighted by atomic mass is 10.3. The Hall–Kier alpha value is -1.29. The summed E-state index contributed by atoms with van der Waals surface area (Å²) in [6.07, 6.45) is 1.67. The molecule has 0 fully saturated rings. The Kier molecular flexibility index (Phi) is 2.52. The Morgan fingerprint density at radius 3 is 2.73 bits per heavy atom. The average molecular weight is 226 g/mol. The second-order valence-electron chi connectivity index (χ2n) is 3.47. The topological polar surface area (TPSA) is 43.9 Å². The Bertz CT molecular complexity index is 473. The predicted octanol–water partition coefficient (Wildman–Crippen LogP) is 2.68. The zero-order chi connectivity index (χ0) is 11.0. The van der Waals surface area contributed by atoms with E-state index in [9.17, 15) is 0 Å². The van der Waals surface area contributed by atoms with Gasteiger partial charge in [0.2, 0.25) is 5.89 Å². The van der Waals surface area contributed by atoms with E-state index in [0.29, 0.717) is 11.7 Å². The quantitative estimate of drug-likeness (QED) is 0.738. The van der Waals surface area contributed by atoms with E-state index in [-0.39, 0.29) is 5.38 Å². The molecule has 0 N–H and O–H groups in total. The molecule has 2 heterocycles. The minimum atomic E-state index is -0.215. The zero-order valence-corrected chi connectivity index (χ0v) is 9.62. The first kappa shape index (κ1) is 10.2. The van der Waals surface area contributed by atoms with Gasteiger partial charge in [-0.15, -0.1) is 11.6 Å². The first-order valence-electron chi connectivity index (χ1n) is 4.68. The van der Waals surface area contributed by atoms with Gasteiger partial charge in [0.05, 0.1) is 11.9 Å². The molecule has 0 aliphatic carbocycles. The van der Waals surface area contributed by atoms with Gasteiger partial charge in [0.25, 0.3) is 0 Å². The van der Waals surface area contributed by atoms with E-state index in [4.69, 9.17) is 16.0 Å². The van der Waals surface area contributed by atoms with Crippen LogP contribution >= 0.6 is 11.6 Å². The molecule has 1 unspecified atom stereocenters. The first-order valence-corrected chi connectivity index (χ1v) is 5.12. The molecule has 0 aromatic carbocycles. The minimum absolute atomic E-state index is 0.215. The molecule has 0 saturated heterocycles. The van der Waals surface area contributed by atoms with Crippen LogP contribution in [0.2, 0.25) is 0 Å². The molecule has 0 amide bonds. The van der Waals surface area contributed by atoms with E-state index in [1.807, 2.05) is 27.0 Å². The fraction of sp³-hybridized carbons (Fsp3) is 0.400. The monoisotopic (exact) mass is 225 g/mol. The summed E-state index contributed by atoms with van der Waals surface area (Å²) in [5, 5.41) is 4.02. The van der Waals surface area contributed by atoms with Crippen LogP contribution in [-0.2, 0) is 7.05 Å². The van der Waals surface area contributed by atoms with Gasteiger partial charge in [0.15, 0.2) is 5.76 Å². The Balaban J connectivity index is 2.41. The molecule has 4 nitrogen and oxygen atoms in total. The number of halogens is 1. The van der Waals surface area contributed by atoms with Gasteiger partial charge in [0.1, 0.15) is 11.1 Å². The van der Waals surface area contributed by atoms with E-state index in [1.165, 1.54) is 0 Å². The Labute approximate surface area is 92.9 Å². The summed E-state index contributed by atoms with van der Waals surface area (Å²) >= 11 is 5.87. The van der Waals surface area contributed by atoms with Gasteiger partial charge in [-0.05, 0) is 19.9 Å². The van der Waals surface area contributed by atoms with Crippen molar-refractivity contribution in [3.8, 4) is 11.5 Å². The zero-order valence-electron chi connectivity index (χ0n) is 8.86. The molecule has 0 saturated carbocycles. The lowest BCUT2D eigenvalue weighted by molar-refractivity contribution is 0.503. The van der Waals surface area contributed by atoms with Crippen LogP contribution in [-0.4, -0.2) is 14.8 Å². The van der Waals surface area contributed by atoms with Crippen LogP contribution in [0.25, 0.3) is 11.5 Å². The summed E-state index contributed by atoms with van der Waals surface area (Å²) in [5.74, 6) is 1.23. The number of aromatic nitrogens is 3. The second kappa shape index (κ2) is 3.70. The molecule has 0 aliphatic heterocycles. The maximum absolute atomic E-state index is 5.87. The molecule has 5 heteroatoms. The summed E-state index contributed by atoms with van der Waals surface area (Å²) in [7, 11) is 1.87. The first-order chi connectivity index (χ1) is 7.08. The van der Waals surface area contributed by atoms with Gasteiger partial charge < -0.3 is 4.42 Å². The van der Waals surface area contributed by atoms with Gasteiger partial charge >= 0.3 is 0 Å². The van der Waals surface area contributed by atoms with Crippen molar-refractivity contribution in [2.75, 3.05) is 0 Å². The van der Waals surface area contributed by atoms with Crippen molar-refractivity contribution in [3.05, 3.63) is 23.8 Å². The maximum Gasteiger partial charge on any atom is 0.212 e. The molecule has 2 aromatic heterocycles. The lowest BCUT2D eigenvalue weighted by Gasteiger charge is -1.96. The second-order valence-corrected chi connectivity index (χ2v) is 4.13. The molecule has 2 rings (SSSR count). The molecule has 80 valence electrons. The van der Waals surface area contributed by atoms with Gasteiger partial charge in [0, 0.05) is 7.05 Å². The van der Waals surface area contributed by atoms with E-state index < -0.39 is 0 Å². The fourth-order valence-corrected chi connectivity index (χ4v) is 1.53. The van der Waals surface area contributed by atoms with Crippen molar-refractivity contribution in [3.63, 3.8) is 0 Å². The number of hydrogen-bond acceptors (Lipinski definition) is 3. The number of nitrogens with zero attached hydrogens (tertiary/aromatic N) is 3. The summed E-state index contributed by atoms with van der Waals surface area (Å²) in [4.78, 5) is 4.10. The Morgan fingerprint density at radius 1 is 1.53 bits per heavy atom. The molecule has 0 aliphatic rings. The van der Waals surface area contributed by atoms with Gasteiger partial charge in [-0.25, -0.2) is 4.98 Å². The number of alkyl halides is 1. The summed E-state index contributed by atoms with van der Waals surface area (Å²) < 4.78 is 7.28. The van der Waals surface area contributed by atoms with Crippen LogP contribution in [0.15, 0.2) is 16.7 Å². The standard InChI is InChI=1S/C10H12ClN3O/c1-6-4-8(14(3)13-6)9-5-12-10(15-9)7(2)11/h4-5,7H,1-3H3. The van der Waals surface area contributed by atoms with Crippen LogP contribution in [0, 0.1) is 6.92 Å². The van der Waals surface area contributed by atoms with Crippen LogP contribution in [0.3, 0.4) is 0 Å². The number of aryl methyl sites for hydroxylation is 2. The molecule has 0 radical (unpaired) electrons. The lowest BCUT2D eigenvalue weighted by Crippen LogP contribution is -1.92. The largest absolute Gasteiger partial charge is 0.437 e. The third kappa shape index (κ3) is 1.90. The molecule has 0 bridgehead atoms. The highest BCUT2D eigenvalue weighted by atomic mass is 35.5. The highest BCUT2D eigenvalue weighted by molar-refractivity contribution is 6.20. The number of rotatable bonds is 2. The van der Waals surface area contributed by atoms with Crippen molar-refractivity contribution in [1.82, 2.24) is 14.8 Å². The highest BCUT2D eigenvalue weighted by Crippen LogP contribution is 2.25. The number of hydrogen-bond donors (Lipinski definition) is 0. The SMILES string of the molecule is Cc1cc(-c2cnc(C(C)Cl)o2)n(C)n1. The molecule has 0 spiro atoms. The van der Waals surface area contributed by atoms with Crippen molar-refractivity contribution < 1.29 is 4.42 Å². The highest BCUT2D eigenvalue weighted by Gasteiger charge is 2.13. The summed E-state index contributed by atoms with van der Waals surface area (Å²) in [5.41, 5.74) is 1.85. The predicted molar refractivity (Wildman–Crippen MR) is 57.7 cm³/mol. The molecule has 15 heavy (non-hydrogen) atoms. The van der Waals surface area contributed by atoms with E-state index in [1.54, 1.807) is 10.9 Å². The van der Waals surface area contributed by atoms with Crippen LogP contribution in [0.4, 0.5) is 0 Å². The molecular weight excluding hydrogens is 214 g/mol. The Morgan fingerprint density at radius 2 is 2.27 bits per heavy atom. The fourth-order valence-electron chi connectivity index (χ4n) is 1.43.